The van der Waals surface area contributed by atoms with Crippen LogP contribution in [-0.2, 0) is 28.3 Å². The number of carbonyl (C=O) groups is 1. The zero-order valence-electron chi connectivity index (χ0n) is 10.3. The Hall–Kier alpha value is -1.48. The van der Waals surface area contributed by atoms with Crippen molar-refractivity contribution in [2.45, 2.75) is 18.7 Å². The average molecular weight is 275 g/mol. The van der Waals surface area contributed by atoms with Gasteiger partial charge in [0.2, 0.25) is 10.8 Å². The van der Waals surface area contributed by atoms with Crippen molar-refractivity contribution in [2.24, 2.45) is 0 Å². The van der Waals surface area contributed by atoms with Crippen molar-refractivity contribution in [1.82, 2.24) is 0 Å². The molecule has 0 saturated carbocycles. The first-order chi connectivity index (χ1) is 8.31. The lowest BCUT2D eigenvalue weighted by atomic mass is 10.2. The van der Waals surface area contributed by atoms with E-state index in [9.17, 15) is 13.6 Å². The van der Waals surface area contributed by atoms with Crippen molar-refractivity contribution < 1.29 is 28.5 Å². The van der Waals surface area contributed by atoms with Gasteiger partial charge >= 0.3 is 10.5 Å². The fraction of sp³-hybridized carbons (Fsp3) is 0.300. The van der Waals surface area contributed by atoms with Gasteiger partial charge in [-0.25, -0.2) is 0 Å². The standard InChI is InChI=1S/C10H14N2O5S/c1-6-4-8(12-7(2)13)9(16-3)5-10(6)18(14,15)17-11/h4-5H,1-3,11H3/q+1/p+1. The molecule has 1 amide bonds. The molecule has 0 saturated heterocycles. The van der Waals surface area contributed by atoms with Gasteiger partial charge in [0.15, 0.2) is 0 Å². The highest BCUT2D eigenvalue weighted by molar-refractivity contribution is 7.92. The van der Waals surface area contributed by atoms with Crippen LogP contribution in [0, 0.1) is 6.92 Å². The van der Waals surface area contributed by atoms with Gasteiger partial charge in [0.1, 0.15) is 5.75 Å². The Morgan fingerprint density at radius 2 is 2.06 bits per heavy atom. The molecule has 0 spiro atoms. The number of hydrogen-bond donors (Lipinski definition) is 2. The van der Waals surface area contributed by atoms with Gasteiger partial charge in [-0.3, -0.25) is 4.79 Å². The van der Waals surface area contributed by atoms with Crippen LogP contribution in [0.25, 0.3) is 0 Å². The maximum atomic E-state index is 11.6. The quantitative estimate of drug-likeness (QED) is 0.606. The summed E-state index contributed by atoms with van der Waals surface area (Å²) in [6, 6.07) is 2.77. The summed E-state index contributed by atoms with van der Waals surface area (Å²) in [6.45, 7) is 2.93. The number of ether oxygens (including phenoxy) is 1. The molecule has 1 atom stereocenters. The number of quaternary nitrogens is 1. The van der Waals surface area contributed by atoms with Gasteiger partial charge in [0, 0.05) is 18.6 Å². The summed E-state index contributed by atoms with van der Waals surface area (Å²) in [5.74, 6) is 2.85. The molecule has 0 fully saturated rings. The molecule has 0 heterocycles. The maximum Gasteiger partial charge on any atom is 0.482 e. The highest BCUT2D eigenvalue weighted by atomic mass is 32.3. The summed E-state index contributed by atoms with van der Waals surface area (Å²) in [7, 11) is -2.54. The normalized spacial score (nSPS) is 13.8. The van der Waals surface area contributed by atoms with Crippen molar-refractivity contribution in [3.8, 4) is 5.75 Å². The Balaban J connectivity index is 3.35. The van der Waals surface area contributed by atoms with E-state index in [1.54, 1.807) is 6.92 Å². The number of rotatable bonds is 4. The summed E-state index contributed by atoms with van der Waals surface area (Å²) in [5.41, 5.74) is 0.814. The van der Waals surface area contributed by atoms with Crippen molar-refractivity contribution in [1.29, 1.82) is 0 Å². The van der Waals surface area contributed by atoms with E-state index in [0.717, 1.165) is 0 Å². The second-order valence-corrected chi connectivity index (χ2v) is 5.15. The SMILES string of the molecule is COc1cc([S+]([O])(=O)O[NH3+])c(C)cc1NC(C)=O. The van der Waals surface area contributed by atoms with E-state index in [1.807, 2.05) is 0 Å². The minimum absolute atomic E-state index is 0.0524. The number of amides is 1. The fourth-order valence-electron chi connectivity index (χ4n) is 1.46. The van der Waals surface area contributed by atoms with Crippen LogP contribution in [0.5, 0.6) is 5.75 Å². The molecular weight excluding hydrogens is 260 g/mol. The van der Waals surface area contributed by atoms with Crippen LogP contribution in [0.1, 0.15) is 12.5 Å². The molecule has 1 rings (SSSR count). The number of hydrogen-bond acceptors (Lipinski definition) is 4. The van der Waals surface area contributed by atoms with Gasteiger partial charge in [0.25, 0.3) is 0 Å². The Morgan fingerprint density at radius 3 is 2.50 bits per heavy atom. The van der Waals surface area contributed by atoms with Gasteiger partial charge in [-0.15, -0.1) is 0 Å². The Morgan fingerprint density at radius 1 is 1.44 bits per heavy atom. The Kier molecular flexibility index (Phi) is 4.41. The van der Waals surface area contributed by atoms with Gasteiger partial charge in [-0.2, -0.15) is 5.90 Å². The highest BCUT2D eigenvalue weighted by Gasteiger charge is 2.39. The zero-order chi connectivity index (χ0) is 13.9. The van der Waals surface area contributed by atoms with E-state index >= 15 is 0 Å². The number of nitrogens with one attached hydrogen (secondary N) is 1. The molecule has 1 radical (unpaired) electrons. The van der Waals surface area contributed by atoms with Crippen LogP contribution in [0.2, 0.25) is 0 Å². The molecular formula is C10H15N2O5S+2. The van der Waals surface area contributed by atoms with E-state index < -0.39 is 10.5 Å². The molecule has 4 N–H and O–H groups in total. The van der Waals surface area contributed by atoms with E-state index in [2.05, 4.69) is 15.5 Å². The molecule has 7 nitrogen and oxygen atoms in total. The zero-order valence-corrected chi connectivity index (χ0v) is 11.1. The Bertz CT molecular complexity index is 517. The van der Waals surface area contributed by atoms with Crippen LogP contribution < -0.4 is 16.0 Å². The lowest BCUT2D eigenvalue weighted by Crippen LogP contribution is -2.52. The van der Waals surface area contributed by atoms with Crippen molar-refractivity contribution >= 4 is 22.1 Å². The van der Waals surface area contributed by atoms with E-state index in [1.165, 1.54) is 26.2 Å². The monoisotopic (exact) mass is 275 g/mol. The van der Waals surface area contributed by atoms with Gasteiger partial charge in [-0.1, -0.05) is 0 Å². The molecule has 18 heavy (non-hydrogen) atoms. The molecule has 0 aliphatic carbocycles. The summed E-state index contributed by atoms with van der Waals surface area (Å²) >= 11 is 0. The van der Waals surface area contributed by atoms with E-state index in [-0.39, 0.29) is 16.6 Å². The van der Waals surface area contributed by atoms with Crippen LogP contribution >= 0.6 is 0 Å². The van der Waals surface area contributed by atoms with Crippen molar-refractivity contribution in [3.05, 3.63) is 17.7 Å². The Labute approximate surface area is 106 Å². The predicted octanol–water partition coefficient (Wildman–Crippen LogP) is 0.254. The molecule has 0 bridgehead atoms. The van der Waals surface area contributed by atoms with Crippen molar-refractivity contribution in [2.75, 3.05) is 12.4 Å². The maximum absolute atomic E-state index is 11.6. The summed E-state index contributed by atoms with van der Waals surface area (Å²) in [5, 5.41) is 2.55. The number of benzene rings is 1. The number of anilines is 1. The summed E-state index contributed by atoms with van der Waals surface area (Å²) in [6.07, 6.45) is 0. The third-order valence-electron chi connectivity index (χ3n) is 2.23. The average Bonchev–Trinajstić information content (AvgIpc) is 2.28. The fourth-order valence-corrected chi connectivity index (χ4v) is 2.29. The number of carbonyl (C=O) groups excluding carboxylic acids is 1. The summed E-state index contributed by atoms with van der Waals surface area (Å²) in [4.78, 5) is 11.0. The molecule has 99 valence electrons. The van der Waals surface area contributed by atoms with E-state index in [4.69, 9.17) is 4.74 Å². The van der Waals surface area contributed by atoms with E-state index in [0.29, 0.717) is 11.3 Å². The number of methoxy groups -OCH3 is 1. The molecule has 1 aromatic rings. The minimum atomic E-state index is -3.91. The highest BCUT2D eigenvalue weighted by Crippen LogP contribution is 2.32. The molecule has 1 unspecified atom stereocenters. The lowest BCUT2D eigenvalue weighted by Gasteiger charge is -2.10. The van der Waals surface area contributed by atoms with Crippen LogP contribution in [-0.4, -0.2) is 13.0 Å². The third-order valence-corrected chi connectivity index (χ3v) is 3.52. The number of aryl methyl sites for hydroxylation is 1. The second kappa shape index (κ2) is 5.44. The summed E-state index contributed by atoms with van der Waals surface area (Å²) < 4.78 is 32.4. The van der Waals surface area contributed by atoms with Crippen LogP contribution in [0.15, 0.2) is 17.0 Å². The van der Waals surface area contributed by atoms with Gasteiger partial charge < -0.3 is 10.1 Å². The lowest BCUT2D eigenvalue weighted by molar-refractivity contribution is -0.637. The molecule has 0 aliphatic rings. The largest absolute Gasteiger partial charge is 0.494 e. The first-order valence-corrected chi connectivity index (χ1v) is 6.37. The third kappa shape index (κ3) is 3.05. The topological polar surface area (TPSA) is 112 Å². The smallest absolute Gasteiger partial charge is 0.482 e. The minimum Gasteiger partial charge on any atom is -0.494 e. The molecule has 0 aliphatic heterocycles. The van der Waals surface area contributed by atoms with Crippen LogP contribution in [0.3, 0.4) is 0 Å². The molecule has 1 aromatic carbocycles. The second-order valence-electron chi connectivity index (χ2n) is 3.57. The molecule has 8 heteroatoms. The predicted molar refractivity (Wildman–Crippen MR) is 63.0 cm³/mol. The van der Waals surface area contributed by atoms with Gasteiger partial charge in [-0.05, 0) is 17.2 Å². The molecule has 0 aromatic heterocycles. The van der Waals surface area contributed by atoms with Crippen molar-refractivity contribution in [3.63, 3.8) is 0 Å². The van der Waals surface area contributed by atoms with Gasteiger partial charge in [0.05, 0.1) is 21.6 Å². The van der Waals surface area contributed by atoms with Crippen LogP contribution in [0.4, 0.5) is 5.69 Å². The first kappa shape index (κ1) is 14.6. The first-order valence-electron chi connectivity index (χ1n) is 4.96.